The second kappa shape index (κ2) is 7.94. The molecule has 4 rings (SSSR count). The Morgan fingerprint density at radius 2 is 1.79 bits per heavy atom. The van der Waals surface area contributed by atoms with E-state index in [0.29, 0.717) is 32.9 Å². The number of aryl methyl sites for hydroxylation is 2. The molecule has 3 aromatic carbocycles. The number of carbonyl (C=O) groups excluding carboxylic acids is 1. The van der Waals surface area contributed by atoms with Gasteiger partial charge in [0.2, 0.25) is 5.78 Å². The third kappa shape index (κ3) is 4.02. The summed E-state index contributed by atoms with van der Waals surface area (Å²) in [5.74, 6) is 1.31. The lowest BCUT2D eigenvalue weighted by molar-refractivity contribution is 0.101. The lowest BCUT2D eigenvalue weighted by Crippen LogP contribution is -2.00. The van der Waals surface area contributed by atoms with Crippen LogP contribution in [0.5, 0.6) is 11.5 Å². The van der Waals surface area contributed by atoms with Gasteiger partial charge < -0.3 is 9.47 Å². The van der Waals surface area contributed by atoms with Crippen LogP contribution in [0.3, 0.4) is 0 Å². The van der Waals surface area contributed by atoms with Crippen molar-refractivity contribution in [1.29, 1.82) is 0 Å². The van der Waals surface area contributed by atoms with Crippen molar-refractivity contribution in [3.63, 3.8) is 0 Å². The van der Waals surface area contributed by atoms with Gasteiger partial charge in [0.15, 0.2) is 5.76 Å². The van der Waals surface area contributed by atoms with Crippen LogP contribution in [-0.4, -0.2) is 5.78 Å². The molecule has 3 nitrogen and oxygen atoms in total. The predicted molar refractivity (Wildman–Crippen MR) is 116 cm³/mol. The average Bonchev–Trinajstić information content (AvgIpc) is 2.99. The van der Waals surface area contributed by atoms with Gasteiger partial charge in [-0.15, -0.1) is 0 Å². The van der Waals surface area contributed by atoms with E-state index in [9.17, 15) is 4.79 Å². The highest BCUT2D eigenvalue weighted by Gasteiger charge is 2.30. The lowest BCUT2D eigenvalue weighted by atomic mass is 10.0. The fourth-order valence-corrected chi connectivity index (χ4v) is 3.71. The predicted octanol–water partition coefficient (Wildman–Crippen LogP) is 6.81. The van der Waals surface area contributed by atoms with Crippen LogP contribution in [0.4, 0.5) is 0 Å². The van der Waals surface area contributed by atoms with Crippen LogP contribution in [0.2, 0.25) is 10.0 Å². The number of hydrogen-bond donors (Lipinski definition) is 0. The standard InChI is InChI=1S/C24H18Cl2O3/c1-14-5-3-4-6-16(14)10-22-24(27)23-15(2)9-19(12-21(23)29-22)28-13-17-7-8-18(25)11-20(17)26/h3-12H,13H2,1-2H3/b22-10-. The smallest absolute Gasteiger partial charge is 0.232 e. The summed E-state index contributed by atoms with van der Waals surface area (Å²) in [6.07, 6.45) is 1.78. The number of allylic oxidation sites excluding steroid dienone is 1. The summed E-state index contributed by atoms with van der Waals surface area (Å²) < 4.78 is 11.8. The van der Waals surface area contributed by atoms with E-state index in [0.717, 1.165) is 22.3 Å². The van der Waals surface area contributed by atoms with E-state index in [2.05, 4.69) is 0 Å². The van der Waals surface area contributed by atoms with Crippen molar-refractivity contribution < 1.29 is 14.3 Å². The Bertz CT molecular complexity index is 1150. The Hall–Kier alpha value is -2.75. The van der Waals surface area contributed by atoms with E-state index >= 15 is 0 Å². The molecule has 0 fully saturated rings. The van der Waals surface area contributed by atoms with Crippen molar-refractivity contribution in [2.24, 2.45) is 0 Å². The Labute approximate surface area is 179 Å². The molecule has 0 aromatic heterocycles. The molecular weight excluding hydrogens is 407 g/mol. The van der Waals surface area contributed by atoms with Gasteiger partial charge in [-0.25, -0.2) is 0 Å². The summed E-state index contributed by atoms with van der Waals surface area (Å²) in [6, 6.07) is 16.7. The highest BCUT2D eigenvalue weighted by molar-refractivity contribution is 6.35. The minimum absolute atomic E-state index is 0.118. The first-order valence-corrected chi connectivity index (χ1v) is 9.89. The highest BCUT2D eigenvalue weighted by Crippen LogP contribution is 2.38. The highest BCUT2D eigenvalue weighted by atomic mass is 35.5. The van der Waals surface area contributed by atoms with E-state index < -0.39 is 0 Å². The molecular formula is C24H18Cl2O3. The summed E-state index contributed by atoms with van der Waals surface area (Å²) in [6.45, 7) is 4.16. The third-order valence-corrected chi connectivity index (χ3v) is 5.42. The van der Waals surface area contributed by atoms with E-state index in [1.165, 1.54) is 0 Å². The van der Waals surface area contributed by atoms with Crippen molar-refractivity contribution in [2.75, 3.05) is 0 Å². The molecule has 0 saturated heterocycles. The third-order valence-electron chi connectivity index (χ3n) is 4.83. The number of benzene rings is 3. The summed E-state index contributed by atoms with van der Waals surface area (Å²) in [5, 5.41) is 1.12. The van der Waals surface area contributed by atoms with Crippen molar-refractivity contribution in [2.45, 2.75) is 20.5 Å². The summed E-state index contributed by atoms with van der Waals surface area (Å²) in [7, 11) is 0. The largest absolute Gasteiger partial charge is 0.489 e. The number of ether oxygens (including phenoxy) is 2. The first kappa shape index (κ1) is 19.6. The SMILES string of the molecule is Cc1ccccc1/C=C1\Oc2cc(OCc3ccc(Cl)cc3Cl)cc(C)c2C1=O. The van der Waals surface area contributed by atoms with Gasteiger partial charge in [0, 0.05) is 21.7 Å². The fourth-order valence-electron chi connectivity index (χ4n) is 3.25. The second-order valence-electron chi connectivity index (χ2n) is 6.93. The number of Topliss-reactive ketones (excluding diaryl/α,β-unsaturated/α-hetero) is 1. The van der Waals surface area contributed by atoms with Crippen LogP contribution in [0.1, 0.15) is 32.6 Å². The van der Waals surface area contributed by atoms with E-state index in [-0.39, 0.29) is 12.4 Å². The van der Waals surface area contributed by atoms with Gasteiger partial charge >= 0.3 is 0 Å². The molecule has 0 atom stereocenters. The molecule has 29 heavy (non-hydrogen) atoms. The van der Waals surface area contributed by atoms with Gasteiger partial charge in [-0.3, -0.25) is 4.79 Å². The number of fused-ring (bicyclic) bond motifs is 1. The second-order valence-corrected chi connectivity index (χ2v) is 7.78. The van der Waals surface area contributed by atoms with E-state index in [1.807, 2.05) is 50.2 Å². The van der Waals surface area contributed by atoms with Gasteiger partial charge in [-0.05, 0) is 54.8 Å². The number of halogens is 2. The molecule has 1 heterocycles. The quantitative estimate of drug-likeness (QED) is 0.431. The number of rotatable bonds is 4. The molecule has 0 spiro atoms. The minimum Gasteiger partial charge on any atom is -0.489 e. The van der Waals surface area contributed by atoms with Crippen molar-refractivity contribution in [3.05, 3.63) is 98.2 Å². The maximum atomic E-state index is 12.8. The van der Waals surface area contributed by atoms with E-state index in [4.69, 9.17) is 32.7 Å². The molecule has 5 heteroatoms. The normalized spacial score (nSPS) is 14.1. The molecule has 0 saturated carbocycles. The van der Waals surface area contributed by atoms with Gasteiger partial charge in [0.05, 0.1) is 5.56 Å². The Morgan fingerprint density at radius 1 is 1.00 bits per heavy atom. The maximum Gasteiger partial charge on any atom is 0.232 e. The summed E-state index contributed by atoms with van der Waals surface area (Å²) >= 11 is 12.1. The van der Waals surface area contributed by atoms with Crippen LogP contribution in [-0.2, 0) is 6.61 Å². The number of hydrogen-bond acceptors (Lipinski definition) is 3. The van der Waals surface area contributed by atoms with Gasteiger partial charge in [0.1, 0.15) is 18.1 Å². The molecule has 1 aliphatic heterocycles. The number of ketones is 1. The summed E-state index contributed by atoms with van der Waals surface area (Å²) in [4.78, 5) is 12.8. The van der Waals surface area contributed by atoms with Crippen LogP contribution in [0, 0.1) is 13.8 Å². The molecule has 0 bridgehead atoms. The molecule has 0 aliphatic carbocycles. The van der Waals surface area contributed by atoms with Crippen LogP contribution in [0.15, 0.2) is 60.4 Å². The topological polar surface area (TPSA) is 35.5 Å². The maximum absolute atomic E-state index is 12.8. The summed E-state index contributed by atoms with van der Waals surface area (Å²) in [5.41, 5.74) is 4.23. The Kier molecular flexibility index (Phi) is 5.35. The van der Waals surface area contributed by atoms with Crippen LogP contribution < -0.4 is 9.47 Å². The van der Waals surface area contributed by atoms with Crippen molar-refractivity contribution >= 4 is 35.1 Å². The van der Waals surface area contributed by atoms with Gasteiger partial charge in [-0.1, -0.05) is 53.5 Å². The number of carbonyl (C=O) groups is 1. The van der Waals surface area contributed by atoms with Crippen LogP contribution >= 0.6 is 23.2 Å². The van der Waals surface area contributed by atoms with Crippen molar-refractivity contribution in [1.82, 2.24) is 0 Å². The zero-order chi connectivity index (χ0) is 20.5. The first-order valence-electron chi connectivity index (χ1n) is 9.13. The lowest BCUT2D eigenvalue weighted by Gasteiger charge is -2.10. The molecule has 0 radical (unpaired) electrons. The minimum atomic E-state index is -0.118. The first-order chi connectivity index (χ1) is 13.9. The monoisotopic (exact) mass is 424 g/mol. The molecule has 0 unspecified atom stereocenters. The molecule has 0 amide bonds. The average molecular weight is 425 g/mol. The molecule has 146 valence electrons. The zero-order valence-electron chi connectivity index (χ0n) is 16.0. The molecule has 0 N–H and O–H groups in total. The molecule has 1 aliphatic rings. The van der Waals surface area contributed by atoms with Gasteiger partial charge in [0.25, 0.3) is 0 Å². The molecule has 3 aromatic rings. The van der Waals surface area contributed by atoms with Gasteiger partial charge in [-0.2, -0.15) is 0 Å². The Balaban J connectivity index is 1.58. The zero-order valence-corrected chi connectivity index (χ0v) is 17.5. The fraction of sp³-hybridized carbons (Fsp3) is 0.125. The van der Waals surface area contributed by atoms with Crippen LogP contribution in [0.25, 0.3) is 6.08 Å². The van der Waals surface area contributed by atoms with Crippen molar-refractivity contribution in [3.8, 4) is 11.5 Å². The Morgan fingerprint density at radius 3 is 2.55 bits per heavy atom. The van der Waals surface area contributed by atoms with E-state index in [1.54, 1.807) is 24.3 Å².